The molecule has 8 heteroatoms. The first-order chi connectivity index (χ1) is 12.4. The Morgan fingerprint density at radius 3 is 2.77 bits per heavy atom. The third kappa shape index (κ3) is 3.34. The predicted octanol–water partition coefficient (Wildman–Crippen LogP) is 2.65. The third-order valence-corrected chi connectivity index (χ3v) is 3.91. The summed E-state index contributed by atoms with van der Waals surface area (Å²) in [5, 5.41) is 19.8. The normalized spacial score (nSPS) is 12.3. The first-order valence-electron chi connectivity index (χ1n) is 7.73. The summed E-state index contributed by atoms with van der Waals surface area (Å²) in [4.78, 5) is 4.12. The van der Waals surface area contributed by atoms with Crippen molar-refractivity contribution in [1.82, 2.24) is 14.8 Å². The van der Waals surface area contributed by atoms with E-state index in [0.717, 1.165) is 17.1 Å². The van der Waals surface area contributed by atoms with Crippen LogP contribution < -0.4 is 11.2 Å². The van der Waals surface area contributed by atoms with Crippen molar-refractivity contribution in [2.24, 2.45) is 5.73 Å². The van der Waals surface area contributed by atoms with E-state index in [9.17, 15) is 8.78 Å². The molecule has 0 saturated heterocycles. The van der Waals surface area contributed by atoms with Gasteiger partial charge in [0.25, 0.3) is 5.92 Å². The van der Waals surface area contributed by atoms with E-state index in [1.54, 1.807) is 24.4 Å². The van der Waals surface area contributed by atoms with E-state index in [1.807, 2.05) is 0 Å². The number of benzene rings is 1. The smallest absolute Gasteiger partial charge is 0.292 e. The van der Waals surface area contributed by atoms with E-state index in [-0.39, 0.29) is 22.3 Å². The molecule has 0 aliphatic heterocycles. The van der Waals surface area contributed by atoms with Gasteiger partial charge in [0.2, 0.25) is 0 Å². The standard InChI is InChI=1S/C18H16F2N6/c19-18(20,14-3-4-15-12(8-14)2-1-7-24-15)11-26-17(23)6-5-16(25-26)13(9-21)10-22/h1-10,21,23H,11,22H2. The fourth-order valence-electron chi connectivity index (χ4n) is 2.53. The molecule has 0 fully saturated rings. The van der Waals surface area contributed by atoms with E-state index >= 15 is 0 Å². The predicted molar refractivity (Wildman–Crippen MR) is 94.7 cm³/mol. The number of rotatable bonds is 5. The zero-order valence-electron chi connectivity index (χ0n) is 13.7. The Morgan fingerprint density at radius 1 is 1.23 bits per heavy atom. The molecule has 0 radical (unpaired) electrons. The lowest BCUT2D eigenvalue weighted by Crippen LogP contribution is -2.31. The van der Waals surface area contributed by atoms with Crippen LogP contribution >= 0.6 is 0 Å². The second kappa shape index (κ2) is 6.83. The van der Waals surface area contributed by atoms with E-state index < -0.39 is 12.5 Å². The van der Waals surface area contributed by atoms with Crippen molar-refractivity contribution in [2.75, 3.05) is 0 Å². The van der Waals surface area contributed by atoms with E-state index in [4.69, 9.17) is 16.6 Å². The van der Waals surface area contributed by atoms with Crippen LogP contribution in [0, 0.1) is 10.8 Å². The van der Waals surface area contributed by atoms with Gasteiger partial charge in [-0.15, -0.1) is 0 Å². The van der Waals surface area contributed by atoms with Crippen LogP contribution in [0.25, 0.3) is 16.5 Å². The highest BCUT2D eigenvalue weighted by Crippen LogP contribution is 2.31. The van der Waals surface area contributed by atoms with Gasteiger partial charge in [0.1, 0.15) is 12.0 Å². The van der Waals surface area contributed by atoms with Crippen LogP contribution in [0.5, 0.6) is 0 Å². The summed E-state index contributed by atoms with van der Waals surface area (Å²) in [5.41, 5.74) is 6.21. The molecule has 0 amide bonds. The second-order valence-corrected chi connectivity index (χ2v) is 5.64. The van der Waals surface area contributed by atoms with Crippen LogP contribution in [0.4, 0.5) is 8.78 Å². The lowest BCUT2D eigenvalue weighted by Gasteiger charge is -2.19. The van der Waals surface area contributed by atoms with Gasteiger partial charge in [-0.05, 0) is 30.3 Å². The Bertz CT molecular complexity index is 1050. The molecule has 0 spiro atoms. The maximum atomic E-state index is 14.8. The van der Waals surface area contributed by atoms with Gasteiger partial charge in [-0.25, -0.2) is 4.68 Å². The average Bonchev–Trinajstić information content (AvgIpc) is 2.64. The summed E-state index contributed by atoms with van der Waals surface area (Å²) in [6, 6.07) is 10.5. The Balaban J connectivity index is 1.99. The van der Waals surface area contributed by atoms with Crippen molar-refractivity contribution < 1.29 is 8.78 Å². The molecule has 6 nitrogen and oxygen atoms in total. The number of nitrogens with zero attached hydrogens (tertiary/aromatic N) is 3. The molecule has 3 rings (SSSR count). The number of nitrogens with one attached hydrogen (secondary N) is 2. The molecule has 26 heavy (non-hydrogen) atoms. The molecule has 0 saturated carbocycles. The molecule has 0 bridgehead atoms. The SMILES string of the molecule is N=CC(=CN)c1ccc(=N)n(CC(F)(F)c2ccc3ncccc3c2)n1. The maximum absolute atomic E-state index is 14.8. The van der Waals surface area contributed by atoms with Crippen molar-refractivity contribution in [3.05, 3.63) is 71.6 Å². The summed E-state index contributed by atoms with van der Waals surface area (Å²) in [6.07, 6.45) is 3.74. The molecule has 0 unspecified atom stereocenters. The Labute approximate surface area is 147 Å². The molecule has 3 aromatic rings. The van der Waals surface area contributed by atoms with Crippen molar-refractivity contribution in [3.8, 4) is 0 Å². The van der Waals surface area contributed by atoms with Gasteiger partial charge in [0, 0.05) is 35.1 Å². The van der Waals surface area contributed by atoms with Crippen LogP contribution in [-0.4, -0.2) is 21.0 Å². The minimum atomic E-state index is -3.24. The van der Waals surface area contributed by atoms with E-state index in [0.29, 0.717) is 10.9 Å². The fraction of sp³-hybridized carbons (Fsp3) is 0.111. The topological polar surface area (TPSA) is 104 Å². The Morgan fingerprint density at radius 2 is 2.04 bits per heavy atom. The number of fused-ring (bicyclic) bond motifs is 1. The van der Waals surface area contributed by atoms with Crippen LogP contribution in [-0.2, 0) is 12.5 Å². The van der Waals surface area contributed by atoms with Gasteiger partial charge in [-0.2, -0.15) is 13.9 Å². The van der Waals surface area contributed by atoms with Gasteiger partial charge < -0.3 is 11.1 Å². The van der Waals surface area contributed by atoms with Crippen molar-refractivity contribution in [3.63, 3.8) is 0 Å². The number of aromatic nitrogens is 3. The van der Waals surface area contributed by atoms with Crippen molar-refractivity contribution in [2.45, 2.75) is 12.5 Å². The van der Waals surface area contributed by atoms with Crippen LogP contribution in [0.2, 0.25) is 0 Å². The number of hydrogen-bond donors (Lipinski definition) is 3. The highest BCUT2D eigenvalue weighted by atomic mass is 19.3. The van der Waals surface area contributed by atoms with Crippen molar-refractivity contribution in [1.29, 1.82) is 10.8 Å². The van der Waals surface area contributed by atoms with Crippen LogP contribution in [0.3, 0.4) is 0 Å². The number of alkyl halides is 2. The highest BCUT2D eigenvalue weighted by molar-refractivity contribution is 6.07. The Hall–Kier alpha value is -3.42. The minimum Gasteiger partial charge on any atom is -0.404 e. The quantitative estimate of drug-likeness (QED) is 0.614. The van der Waals surface area contributed by atoms with Gasteiger partial charge >= 0.3 is 0 Å². The summed E-state index contributed by atoms with van der Waals surface area (Å²) in [7, 11) is 0. The van der Waals surface area contributed by atoms with E-state index in [2.05, 4.69) is 10.1 Å². The highest BCUT2D eigenvalue weighted by Gasteiger charge is 2.33. The molecular weight excluding hydrogens is 338 g/mol. The molecular formula is C18H16F2N6. The van der Waals surface area contributed by atoms with Gasteiger partial charge in [0.05, 0.1) is 11.2 Å². The maximum Gasteiger partial charge on any atom is 0.292 e. The number of nitrogens with two attached hydrogens (primary N) is 1. The lowest BCUT2D eigenvalue weighted by atomic mass is 10.1. The summed E-state index contributed by atoms with van der Waals surface area (Å²) in [5.74, 6) is -3.24. The van der Waals surface area contributed by atoms with Crippen LogP contribution in [0.1, 0.15) is 11.3 Å². The van der Waals surface area contributed by atoms with Gasteiger partial charge in [0.15, 0.2) is 0 Å². The number of halogens is 2. The molecule has 2 heterocycles. The number of pyridine rings is 1. The minimum absolute atomic E-state index is 0.169. The Kier molecular flexibility index (Phi) is 4.57. The first-order valence-corrected chi connectivity index (χ1v) is 7.73. The lowest BCUT2D eigenvalue weighted by molar-refractivity contribution is -0.0270. The van der Waals surface area contributed by atoms with Crippen LogP contribution in [0.15, 0.2) is 54.9 Å². The average molecular weight is 354 g/mol. The number of hydrogen-bond acceptors (Lipinski definition) is 5. The zero-order chi connectivity index (χ0) is 18.7. The molecule has 2 aromatic heterocycles. The molecule has 0 aliphatic rings. The summed E-state index contributed by atoms with van der Waals surface area (Å²) >= 11 is 0. The molecule has 0 aliphatic carbocycles. The fourth-order valence-corrected chi connectivity index (χ4v) is 2.53. The molecule has 1 aromatic carbocycles. The van der Waals surface area contributed by atoms with Gasteiger partial charge in [-0.3, -0.25) is 10.4 Å². The summed E-state index contributed by atoms with van der Waals surface area (Å²) in [6.45, 7) is -0.804. The largest absolute Gasteiger partial charge is 0.404 e. The first kappa shape index (κ1) is 17.4. The third-order valence-electron chi connectivity index (χ3n) is 3.91. The van der Waals surface area contributed by atoms with Gasteiger partial charge in [-0.1, -0.05) is 12.1 Å². The zero-order valence-corrected chi connectivity index (χ0v) is 13.7. The molecule has 132 valence electrons. The summed E-state index contributed by atoms with van der Waals surface area (Å²) < 4.78 is 30.5. The van der Waals surface area contributed by atoms with Crippen molar-refractivity contribution >= 4 is 22.7 Å². The second-order valence-electron chi connectivity index (χ2n) is 5.64. The molecule has 4 N–H and O–H groups in total. The number of allylic oxidation sites excluding steroid dienone is 1. The van der Waals surface area contributed by atoms with E-state index in [1.165, 1.54) is 24.3 Å². The molecule has 0 atom stereocenters. The monoisotopic (exact) mass is 354 g/mol.